The van der Waals surface area contributed by atoms with Crippen LogP contribution in [0, 0.1) is 0 Å². The van der Waals surface area contributed by atoms with Crippen LogP contribution in [-0.4, -0.2) is 52.7 Å². The van der Waals surface area contributed by atoms with Gasteiger partial charge in [0.15, 0.2) is 5.65 Å². The van der Waals surface area contributed by atoms with Crippen LogP contribution in [0.15, 0.2) is 54.4 Å². The lowest BCUT2D eigenvalue weighted by atomic mass is 10.1. The van der Waals surface area contributed by atoms with E-state index in [9.17, 15) is 4.79 Å². The summed E-state index contributed by atoms with van der Waals surface area (Å²) in [5, 5.41) is 17.7. The molecular formula is C25H28N8O. The van der Waals surface area contributed by atoms with Gasteiger partial charge in [-0.15, -0.1) is 0 Å². The highest BCUT2D eigenvalue weighted by molar-refractivity contribution is 5.89. The Kier molecular flexibility index (Phi) is 5.18. The van der Waals surface area contributed by atoms with E-state index in [0.717, 1.165) is 73.1 Å². The molecule has 9 nitrogen and oxygen atoms in total. The Morgan fingerprint density at radius 2 is 1.94 bits per heavy atom. The van der Waals surface area contributed by atoms with Gasteiger partial charge < -0.3 is 26.2 Å². The maximum absolute atomic E-state index is 11.7. The average Bonchev–Trinajstić information content (AvgIpc) is 3.48. The van der Waals surface area contributed by atoms with Crippen molar-refractivity contribution in [2.24, 2.45) is 0 Å². The van der Waals surface area contributed by atoms with Gasteiger partial charge in [0.05, 0.1) is 12.6 Å². The van der Waals surface area contributed by atoms with Crippen LogP contribution in [0.5, 0.6) is 0 Å². The molecule has 0 unspecified atom stereocenters. The number of benzene rings is 1. The summed E-state index contributed by atoms with van der Waals surface area (Å²) in [4.78, 5) is 19.0. The highest BCUT2D eigenvalue weighted by Crippen LogP contribution is 2.30. The Balaban J connectivity index is 1.31. The molecule has 0 radical (unpaired) electrons. The van der Waals surface area contributed by atoms with Crippen molar-refractivity contribution in [1.29, 1.82) is 0 Å². The first-order valence-corrected chi connectivity index (χ1v) is 11.8. The minimum absolute atomic E-state index is 0.0385. The molecule has 0 atom stereocenters. The second kappa shape index (κ2) is 8.49. The molecule has 6 rings (SSSR count). The predicted octanol–water partition coefficient (Wildman–Crippen LogP) is 2.87. The summed E-state index contributed by atoms with van der Waals surface area (Å²) < 4.78 is 1.83. The molecule has 1 saturated carbocycles. The zero-order chi connectivity index (χ0) is 23.1. The molecule has 9 heteroatoms. The quantitative estimate of drug-likeness (QED) is 0.453. The predicted molar refractivity (Wildman–Crippen MR) is 134 cm³/mol. The van der Waals surface area contributed by atoms with Crippen LogP contribution in [0.1, 0.15) is 24.8 Å². The van der Waals surface area contributed by atoms with Crippen LogP contribution in [0.4, 0.5) is 23.0 Å². The monoisotopic (exact) mass is 456 g/mol. The summed E-state index contributed by atoms with van der Waals surface area (Å²) in [5.74, 6) is 1.60. The molecule has 4 heterocycles. The number of aromatic nitrogens is 3. The number of carbonyl (C=O) groups is 1. The second-order valence-corrected chi connectivity index (χ2v) is 9.06. The molecule has 0 bridgehead atoms. The number of nitrogens with one attached hydrogen (secondary N) is 4. The highest BCUT2D eigenvalue weighted by atomic mass is 16.1. The molecule has 174 valence electrons. The SMILES string of the molecule is C=C1NC(=O)C/C1=C\c1cnn2c(NC3CC3)cc(Nc3ccc(N4CCNCC4)cc3)nc12. The van der Waals surface area contributed by atoms with E-state index in [1.54, 1.807) is 6.20 Å². The van der Waals surface area contributed by atoms with Gasteiger partial charge in [-0.1, -0.05) is 6.58 Å². The normalized spacial score (nSPS) is 19.6. The van der Waals surface area contributed by atoms with Crippen molar-refractivity contribution in [3.63, 3.8) is 0 Å². The molecule has 2 aromatic heterocycles. The fourth-order valence-electron chi connectivity index (χ4n) is 4.41. The van der Waals surface area contributed by atoms with E-state index in [4.69, 9.17) is 4.98 Å². The van der Waals surface area contributed by atoms with Crippen molar-refractivity contribution >= 4 is 40.6 Å². The molecule has 3 aliphatic rings. The van der Waals surface area contributed by atoms with Crippen LogP contribution >= 0.6 is 0 Å². The van der Waals surface area contributed by atoms with Gasteiger partial charge in [0.2, 0.25) is 5.91 Å². The van der Waals surface area contributed by atoms with Gasteiger partial charge in [0.25, 0.3) is 0 Å². The largest absolute Gasteiger partial charge is 0.369 e. The molecule has 0 spiro atoms. The van der Waals surface area contributed by atoms with Crippen molar-refractivity contribution in [1.82, 2.24) is 25.2 Å². The third-order valence-corrected chi connectivity index (χ3v) is 6.41. The van der Waals surface area contributed by atoms with E-state index < -0.39 is 0 Å². The maximum Gasteiger partial charge on any atom is 0.228 e. The molecular weight excluding hydrogens is 428 g/mol. The zero-order valence-electron chi connectivity index (χ0n) is 19.0. The molecule has 2 saturated heterocycles. The van der Waals surface area contributed by atoms with E-state index in [1.165, 1.54) is 5.69 Å². The third kappa shape index (κ3) is 4.22. The summed E-state index contributed by atoms with van der Waals surface area (Å²) in [6, 6.07) is 11.0. The zero-order valence-corrected chi connectivity index (χ0v) is 19.0. The summed E-state index contributed by atoms with van der Waals surface area (Å²) in [6.45, 7) is 8.02. The second-order valence-electron chi connectivity index (χ2n) is 9.06. The van der Waals surface area contributed by atoms with Gasteiger partial charge in [-0.25, -0.2) is 4.98 Å². The van der Waals surface area contributed by atoms with E-state index in [1.807, 2.05) is 16.7 Å². The Morgan fingerprint density at radius 3 is 2.65 bits per heavy atom. The molecule has 1 aliphatic carbocycles. The number of amides is 1. The Labute approximate surface area is 197 Å². The first-order chi connectivity index (χ1) is 16.6. The minimum atomic E-state index is -0.0385. The van der Waals surface area contributed by atoms with E-state index in [2.05, 4.69) is 62.1 Å². The summed E-state index contributed by atoms with van der Waals surface area (Å²) in [5.41, 5.74) is 5.29. The van der Waals surface area contributed by atoms with Crippen LogP contribution in [0.3, 0.4) is 0 Å². The number of hydrogen-bond donors (Lipinski definition) is 4. The molecule has 4 N–H and O–H groups in total. The Bertz CT molecular complexity index is 1280. The number of fused-ring (bicyclic) bond motifs is 1. The number of nitrogens with zero attached hydrogens (tertiary/aromatic N) is 4. The lowest BCUT2D eigenvalue weighted by Gasteiger charge is -2.29. The van der Waals surface area contributed by atoms with Crippen LogP contribution in [0.2, 0.25) is 0 Å². The summed E-state index contributed by atoms with van der Waals surface area (Å²) >= 11 is 0. The third-order valence-electron chi connectivity index (χ3n) is 6.41. The highest BCUT2D eigenvalue weighted by Gasteiger charge is 2.24. The van der Waals surface area contributed by atoms with Crippen LogP contribution in [-0.2, 0) is 4.79 Å². The van der Waals surface area contributed by atoms with Crippen molar-refractivity contribution < 1.29 is 4.79 Å². The van der Waals surface area contributed by atoms with Crippen LogP contribution < -0.4 is 26.2 Å². The summed E-state index contributed by atoms with van der Waals surface area (Å²) in [6.07, 6.45) is 6.37. The van der Waals surface area contributed by atoms with Gasteiger partial charge in [-0.2, -0.15) is 9.61 Å². The Morgan fingerprint density at radius 1 is 1.15 bits per heavy atom. The van der Waals surface area contributed by atoms with Crippen molar-refractivity contribution in [3.05, 3.63) is 59.9 Å². The lowest BCUT2D eigenvalue weighted by molar-refractivity contribution is -0.118. The lowest BCUT2D eigenvalue weighted by Crippen LogP contribution is -2.43. The van der Waals surface area contributed by atoms with Crippen molar-refractivity contribution in [2.45, 2.75) is 25.3 Å². The first-order valence-electron chi connectivity index (χ1n) is 11.8. The molecule has 1 aromatic carbocycles. The first kappa shape index (κ1) is 20.7. The molecule has 3 fully saturated rings. The molecule has 3 aromatic rings. The average molecular weight is 457 g/mol. The van der Waals surface area contributed by atoms with Crippen molar-refractivity contribution in [3.8, 4) is 0 Å². The number of carbonyl (C=O) groups excluding carboxylic acids is 1. The number of hydrogen-bond acceptors (Lipinski definition) is 7. The number of allylic oxidation sites excluding steroid dienone is 1. The van der Waals surface area contributed by atoms with Crippen molar-refractivity contribution in [2.75, 3.05) is 41.7 Å². The van der Waals surface area contributed by atoms with E-state index in [0.29, 0.717) is 18.2 Å². The topological polar surface area (TPSA) is 98.6 Å². The number of anilines is 4. The van der Waals surface area contributed by atoms with Gasteiger partial charge >= 0.3 is 0 Å². The Hall–Kier alpha value is -3.85. The van der Waals surface area contributed by atoms with Gasteiger partial charge in [-0.05, 0) is 48.8 Å². The van der Waals surface area contributed by atoms with Gasteiger partial charge in [0, 0.05) is 60.9 Å². The molecule has 1 amide bonds. The maximum atomic E-state index is 11.7. The van der Waals surface area contributed by atoms with E-state index >= 15 is 0 Å². The molecule has 2 aliphatic heterocycles. The molecule has 34 heavy (non-hydrogen) atoms. The fourth-order valence-corrected chi connectivity index (χ4v) is 4.41. The summed E-state index contributed by atoms with van der Waals surface area (Å²) in [7, 11) is 0. The fraction of sp³-hybridized carbons (Fsp3) is 0.320. The smallest absolute Gasteiger partial charge is 0.228 e. The van der Waals surface area contributed by atoms with E-state index in [-0.39, 0.29) is 5.91 Å². The number of piperazine rings is 1. The van der Waals surface area contributed by atoms with Gasteiger partial charge in [-0.3, -0.25) is 4.79 Å². The standard InChI is InChI=1S/C25H28N8O/c1-16-17(13-24(34)28-16)12-18-15-27-33-23(30-20-2-3-20)14-22(31-25(18)33)29-19-4-6-21(7-5-19)32-10-8-26-9-11-32/h4-7,12,14-15,20,26,30H,1-3,8-11,13H2,(H,28,34)(H,29,31)/b17-12+. The number of rotatable bonds is 6. The van der Waals surface area contributed by atoms with Crippen LogP contribution in [0.25, 0.3) is 11.7 Å². The minimum Gasteiger partial charge on any atom is -0.369 e. The van der Waals surface area contributed by atoms with Gasteiger partial charge in [0.1, 0.15) is 11.6 Å².